The van der Waals surface area contributed by atoms with Crippen LogP contribution < -0.4 is 5.32 Å². The van der Waals surface area contributed by atoms with Crippen molar-refractivity contribution in [1.82, 2.24) is 20.2 Å². The molecule has 3 N–H and O–H groups in total. The zero-order valence-corrected chi connectivity index (χ0v) is 12.3. The van der Waals surface area contributed by atoms with Gasteiger partial charge in [0.1, 0.15) is 0 Å². The summed E-state index contributed by atoms with van der Waals surface area (Å²) in [5, 5.41) is 11.7. The van der Waals surface area contributed by atoms with E-state index in [4.69, 9.17) is 5.11 Å². The average Bonchev–Trinajstić information content (AvgIpc) is 2.82. The number of nitrogens with zero attached hydrogens (tertiary/aromatic N) is 2. The van der Waals surface area contributed by atoms with E-state index in [0.29, 0.717) is 12.5 Å². The van der Waals surface area contributed by atoms with Crippen molar-refractivity contribution in [3.8, 4) is 0 Å². The van der Waals surface area contributed by atoms with Gasteiger partial charge in [0.2, 0.25) is 0 Å². The third-order valence-electron chi connectivity index (χ3n) is 3.04. The van der Waals surface area contributed by atoms with E-state index >= 15 is 0 Å². The van der Waals surface area contributed by atoms with Gasteiger partial charge in [0.15, 0.2) is 11.4 Å². The van der Waals surface area contributed by atoms with Gasteiger partial charge in [-0.3, -0.25) is 4.79 Å². The highest BCUT2D eigenvalue weighted by molar-refractivity contribution is 6.02. The van der Waals surface area contributed by atoms with Gasteiger partial charge in [-0.1, -0.05) is 13.8 Å². The number of amides is 1. The number of carbonyl (C=O) groups is 2. The summed E-state index contributed by atoms with van der Waals surface area (Å²) >= 11 is 0. The minimum atomic E-state index is -1.20. The van der Waals surface area contributed by atoms with Gasteiger partial charge in [-0.2, -0.15) is 0 Å². The smallest absolute Gasteiger partial charge is 0.354 e. The highest BCUT2D eigenvalue weighted by atomic mass is 16.4. The van der Waals surface area contributed by atoms with Gasteiger partial charge in [-0.05, 0) is 26.4 Å². The molecular weight excluding hydrogens is 260 g/mol. The molecule has 0 saturated heterocycles. The standard InChI is InChI=1S/C13H22N4O3/c1-8(2)5-9(17(3)4)6-14-12(18)10-11(13(19)20)16-7-15-10/h7-9H,5-6H2,1-4H3,(H,14,18)(H,15,16)(H,19,20). The molecule has 0 aromatic carbocycles. The number of carboxylic acid groups (broad SMARTS) is 1. The van der Waals surface area contributed by atoms with Crippen molar-refractivity contribution in [1.29, 1.82) is 0 Å². The Morgan fingerprint density at radius 2 is 2.10 bits per heavy atom. The molecule has 1 aromatic heterocycles. The molecule has 1 heterocycles. The number of hydrogen-bond acceptors (Lipinski definition) is 4. The number of nitrogens with one attached hydrogen (secondary N) is 2. The van der Waals surface area contributed by atoms with Crippen LogP contribution in [0.3, 0.4) is 0 Å². The third-order valence-corrected chi connectivity index (χ3v) is 3.04. The summed E-state index contributed by atoms with van der Waals surface area (Å²) in [5.74, 6) is -1.16. The second kappa shape index (κ2) is 7.04. The quantitative estimate of drug-likeness (QED) is 0.687. The van der Waals surface area contributed by atoms with Crippen molar-refractivity contribution in [3.63, 3.8) is 0 Å². The number of aromatic amines is 1. The number of rotatable bonds is 7. The van der Waals surface area contributed by atoms with Crippen molar-refractivity contribution < 1.29 is 14.7 Å². The van der Waals surface area contributed by atoms with E-state index in [1.165, 1.54) is 6.33 Å². The van der Waals surface area contributed by atoms with E-state index in [2.05, 4.69) is 29.1 Å². The fourth-order valence-corrected chi connectivity index (χ4v) is 1.94. The molecule has 7 heteroatoms. The van der Waals surface area contributed by atoms with E-state index in [1.807, 2.05) is 19.0 Å². The van der Waals surface area contributed by atoms with Crippen LogP contribution in [0.4, 0.5) is 0 Å². The molecule has 20 heavy (non-hydrogen) atoms. The number of hydrogen-bond donors (Lipinski definition) is 3. The van der Waals surface area contributed by atoms with Gasteiger partial charge in [-0.15, -0.1) is 0 Å². The van der Waals surface area contributed by atoms with Crippen LogP contribution in [0, 0.1) is 5.92 Å². The number of carboxylic acids is 1. The number of carbonyl (C=O) groups excluding carboxylic acids is 1. The molecule has 0 aliphatic rings. The number of aromatic nitrogens is 2. The Morgan fingerprint density at radius 3 is 2.60 bits per heavy atom. The third kappa shape index (κ3) is 4.34. The summed E-state index contributed by atoms with van der Waals surface area (Å²) in [6.45, 7) is 4.69. The molecule has 0 bridgehead atoms. The predicted octanol–water partition coefficient (Wildman–Crippen LogP) is 0.814. The Morgan fingerprint density at radius 1 is 1.45 bits per heavy atom. The molecule has 0 aliphatic carbocycles. The van der Waals surface area contributed by atoms with E-state index in [0.717, 1.165) is 6.42 Å². The van der Waals surface area contributed by atoms with Crippen molar-refractivity contribution in [3.05, 3.63) is 17.7 Å². The van der Waals surface area contributed by atoms with Gasteiger partial charge in [0, 0.05) is 12.6 Å². The minimum absolute atomic E-state index is 0.0837. The zero-order chi connectivity index (χ0) is 15.3. The molecule has 1 atom stereocenters. The molecule has 1 amide bonds. The summed E-state index contributed by atoms with van der Waals surface area (Å²) < 4.78 is 0. The minimum Gasteiger partial charge on any atom is -0.477 e. The Labute approximate surface area is 118 Å². The normalized spacial score (nSPS) is 12.7. The van der Waals surface area contributed by atoms with Crippen LogP contribution in [0.15, 0.2) is 6.33 Å². The van der Waals surface area contributed by atoms with Crippen LogP contribution in [-0.2, 0) is 0 Å². The lowest BCUT2D eigenvalue weighted by molar-refractivity contribution is 0.0684. The number of H-pyrrole nitrogens is 1. The monoisotopic (exact) mass is 282 g/mol. The molecule has 0 spiro atoms. The molecule has 0 radical (unpaired) electrons. The summed E-state index contributed by atoms with van der Waals surface area (Å²) in [6, 6.07) is 0.200. The highest BCUT2D eigenvalue weighted by Crippen LogP contribution is 2.09. The van der Waals surface area contributed by atoms with Crippen LogP contribution in [-0.4, -0.2) is 58.5 Å². The van der Waals surface area contributed by atoms with Gasteiger partial charge < -0.3 is 20.3 Å². The van der Waals surface area contributed by atoms with Crippen LogP contribution in [0.1, 0.15) is 41.2 Å². The second-order valence-electron chi connectivity index (χ2n) is 5.39. The van der Waals surface area contributed by atoms with Crippen molar-refractivity contribution in [2.24, 2.45) is 5.92 Å². The summed E-state index contributed by atoms with van der Waals surface area (Å²) in [4.78, 5) is 31.1. The maximum absolute atomic E-state index is 12.0. The molecule has 0 aliphatic heterocycles. The molecule has 1 unspecified atom stereocenters. The number of aromatic carboxylic acids is 1. The first kappa shape index (κ1) is 16.2. The lowest BCUT2D eigenvalue weighted by atomic mass is 10.0. The Kier molecular flexibility index (Phi) is 5.69. The van der Waals surface area contributed by atoms with Crippen LogP contribution in [0.2, 0.25) is 0 Å². The SMILES string of the molecule is CC(C)CC(CNC(=O)c1nc[nH]c1C(=O)O)N(C)C. The highest BCUT2D eigenvalue weighted by Gasteiger charge is 2.21. The van der Waals surface area contributed by atoms with Gasteiger partial charge in [0.25, 0.3) is 5.91 Å². The lowest BCUT2D eigenvalue weighted by Crippen LogP contribution is -2.41. The lowest BCUT2D eigenvalue weighted by Gasteiger charge is -2.26. The maximum atomic E-state index is 12.0. The van der Waals surface area contributed by atoms with Crippen molar-refractivity contribution >= 4 is 11.9 Å². The molecular formula is C13H22N4O3. The molecule has 1 rings (SSSR count). The molecule has 0 saturated carbocycles. The largest absolute Gasteiger partial charge is 0.477 e. The van der Waals surface area contributed by atoms with E-state index in [1.54, 1.807) is 0 Å². The van der Waals surface area contributed by atoms with E-state index in [9.17, 15) is 9.59 Å². The first-order valence-electron chi connectivity index (χ1n) is 6.54. The molecule has 7 nitrogen and oxygen atoms in total. The summed E-state index contributed by atoms with van der Waals surface area (Å²) in [5.41, 5.74) is -0.271. The first-order valence-corrected chi connectivity index (χ1v) is 6.54. The van der Waals surface area contributed by atoms with E-state index in [-0.39, 0.29) is 17.4 Å². The maximum Gasteiger partial charge on any atom is 0.354 e. The first-order chi connectivity index (χ1) is 9.32. The fourth-order valence-electron chi connectivity index (χ4n) is 1.94. The second-order valence-corrected chi connectivity index (χ2v) is 5.39. The van der Waals surface area contributed by atoms with E-state index < -0.39 is 11.9 Å². The summed E-state index contributed by atoms with van der Waals surface area (Å²) in [7, 11) is 3.91. The Bertz CT molecular complexity index is 468. The Balaban J connectivity index is 2.66. The van der Waals surface area contributed by atoms with Crippen LogP contribution in [0.25, 0.3) is 0 Å². The molecule has 1 aromatic rings. The summed E-state index contributed by atoms with van der Waals surface area (Å²) in [6.07, 6.45) is 2.15. The molecule has 112 valence electrons. The van der Waals surface area contributed by atoms with Crippen molar-refractivity contribution in [2.75, 3.05) is 20.6 Å². The molecule has 0 fully saturated rings. The van der Waals surface area contributed by atoms with Gasteiger partial charge in [-0.25, -0.2) is 9.78 Å². The predicted molar refractivity (Wildman–Crippen MR) is 74.8 cm³/mol. The van der Waals surface area contributed by atoms with Crippen molar-refractivity contribution in [2.45, 2.75) is 26.3 Å². The van der Waals surface area contributed by atoms with Gasteiger partial charge in [0.05, 0.1) is 6.33 Å². The topological polar surface area (TPSA) is 98.3 Å². The Hall–Kier alpha value is -1.89. The average molecular weight is 282 g/mol. The fraction of sp³-hybridized carbons (Fsp3) is 0.615. The number of imidazole rings is 1. The van der Waals surface area contributed by atoms with Gasteiger partial charge >= 0.3 is 5.97 Å². The van der Waals surface area contributed by atoms with Crippen LogP contribution >= 0.6 is 0 Å². The number of likely N-dealkylation sites (N-methyl/N-ethyl adjacent to an activating group) is 1. The van der Waals surface area contributed by atoms with Crippen LogP contribution in [0.5, 0.6) is 0 Å². The zero-order valence-electron chi connectivity index (χ0n) is 12.3.